The van der Waals surface area contributed by atoms with E-state index in [0.717, 1.165) is 0 Å². The third kappa shape index (κ3) is 5.24. The third-order valence-electron chi connectivity index (χ3n) is 2.94. The largest absolute Gasteiger partial charge is 0.508 e. The van der Waals surface area contributed by atoms with E-state index in [4.69, 9.17) is 19.7 Å². The monoisotopic (exact) mass is 302 g/mol. The van der Waals surface area contributed by atoms with E-state index in [-0.39, 0.29) is 0 Å². The van der Waals surface area contributed by atoms with Crippen molar-refractivity contribution in [3.8, 4) is 5.75 Å². The van der Waals surface area contributed by atoms with E-state index in [9.17, 15) is 15.3 Å². The van der Waals surface area contributed by atoms with Gasteiger partial charge in [-0.05, 0) is 19.1 Å². The second kappa shape index (κ2) is 8.93. The molecule has 0 saturated carbocycles. The van der Waals surface area contributed by atoms with Gasteiger partial charge in [-0.3, -0.25) is 0 Å². The van der Waals surface area contributed by atoms with Gasteiger partial charge in [-0.1, -0.05) is 18.2 Å². The van der Waals surface area contributed by atoms with Crippen LogP contribution in [-0.4, -0.2) is 69.5 Å². The quantitative estimate of drug-likeness (QED) is 0.496. The van der Waals surface area contributed by atoms with Crippen LogP contribution in [0.5, 0.6) is 5.75 Å². The zero-order valence-corrected chi connectivity index (χ0v) is 11.7. The van der Waals surface area contributed by atoms with E-state index in [1.807, 2.05) is 6.07 Å². The first kappa shape index (κ1) is 17.8. The van der Waals surface area contributed by atoms with Gasteiger partial charge in [0, 0.05) is 6.61 Å². The minimum absolute atomic E-state index is 0.308. The van der Waals surface area contributed by atoms with Gasteiger partial charge in [-0.2, -0.15) is 0 Å². The van der Waals surface area contributed by atoms with E-state index >= 15 is 0 Å². The Bertz CT molecular complexity index is 382. The molecule has 0 unspecified atom stereocenters. The van der Waals surface area contributed by atoms with Crippen molar-refractivity contribution in [2.24, 2.45) is 0 Å². The average molecular weight is 302 g/mol. The van der Waals surface area contributed by atoms with Crippen molar-refractivity contribution in [2.45, 2.75) is 37.6 Å². The van der Waals surface area contributed by atoms with Crippen molar-refractivity contribution in [3.05, 3.63) is 30.3 Å². The lowest BCUT2D eigenvalue weighted by Gasteiger charge is -2.39. The summed E-state index contributed by atoms with van der Waals surface area (Å²) >= 11 is 0. The highest BCUT2D eigenvalue weighted by molar-refractivity contribution is 5.18. The Labute approximate surface area is 123 Å². The molecule has 0 spiro atoms. The molecule has 1 aromatic carbocycles. The second-order valence-corrected chi connectivity index (χ2v) is 4.49. The van der Waals surface area contributed by atoms with Crippen LogP contribution in [0.3, 0.4) is 0 Å². The van der Waals surface area contributed by atoms with Gasteiger partial charge in [0.25, 0.3) is 0 Å². The highest BCUT2D eigenvalue weighted by atomic mass is 16.7. The Kier molecular flexibility index (Phi) is 7.58. The lowest BCUT2D eigenvalue weighted by molar-refractivity contribution is -0.300. The molecule has 1 aromatic rings. The molecule has 0 aliphatic carbocycles. The number of aliphatic hydroxyl groups is 4. The van der Waals surface area contributed by atoms with Crippen molar-refractivity contribution < 1.29 is 35.0 Å². The number of ether oxygens (including phenoxy) is 2. The molecule has 1 saturated heterocycles. The molecule has 21 heavy (non-hydrogen) atoms. The van der Waals surface area contributed by atoms with Crippen LogP contribution in [0, 0.1) is 0 Å². The van der Waals surface area contributed by atoms with Crippen LogP contribution >= 0.6 is 0 Å². The first-order valence-electron chi connectivity index (χ1n) is 6.67. The van der Waals surface area contributed by atoms with Gasteiger partial charge in [-0.25, -0.2) is 0 Å². The molecule has 7 nitrogen and oxygen atoms in total. The fourth-order valence-electron chi connectivity index (χ4n) is 1.80. The number of phenols is 1. The molecule has 5 atom stereocenters. The van der Waals surface area contributed by atoms with Crippen molar-refractivity contribution in [3.63, 3.8) is 0 Å². The van der Waals surface area contributed by atoms with Crippen LogP contribution in [0.1, 0.15) is 6.92 Å². The van der Waals surface area contributed by atoms with Crippen LogP contribution < -0.4 is 0 Å². The summed E-state index contributed by atoms with van der Waals surface area (Å²) in [6.07, 6.45) is -5.89. The smallest absolute Gasteiger partial charge is 0.186 e. The van der Waals surface area contributed by atoms with Crippen molar-refractivity contribution in [1.82, 2.24) is 0 Å². The van der Waals surface area contributed by atoms with Gasteiger partial charge in [-0.15, -0.1) is 0 Å². The number of aromatic hydroxyl groups is 1. The lowest BCUT2D eigenvalue weighted by Crippen LogP contribution is -2.59. The van der Waals surface area contributed by atoms with Gasteiger partial charge in [0.15, 0.2) is 6.29 Å². The van der Waals surface area contributed by atoms with Crippen LogP contribution in [0.4, 0.5) is 0 Å². The van der Waals surface area contributed by atoms with Crippen molar-refractivity contribution in [1.29, 1.82) is 0 Å². The number of phenolic OH excluding ortho intramolecular Hbond substituents is 1. The Hall–Kier alpha value is -1.22. The minimum atomic E-state index is -1.36. The third-order valence-corrected chi connectivity index (χ3v) is 2.94. The standard InChI is InChI=1S/C8H16O6.C6H6O/c1-2-13-8-7(12)6(11)5(10)4(3-9)14-8;7-6-4-2-1-3-5-6/h4-12H,2-3H2,1H3;1-5,7H/t4-,5+,6+,7-,8-;/m1./s1. The van der Waals surface area contributed by atoms with E-state index in [1.165, 1.54) is 0 Å². The summed E-state index contributed by atoms with van der Waals surface area (Å²) in [7, 11) is 0. The lowest BCUT2D eigenvalue weighted by atomic mass is 9.99. The molecule has 1 heterocycles. The maximum Gasteiger partial charge on any atom is 0.186 e. The first-order chi connectivity index (χ1) is 10.0. The highest BCUT2D eigenvalue weighted by Gasteiger charge is 2.43. The fraction of sp³-hybridized carbons (Fsp3) is 0.571. The molecule has 1 aliphatic rings. The van der Waals surface area contributed by atoms with Gasteiger partial charge in [0.1, 0.15) is 30.2 Å². The summed E-state index contributed by atoms with van der Waals surface area (Å²) in [6.45, 7) is 1.58. The number of hydrogen-bond donors (Lipinski definition) is 5. The van der Waals surface area contributed by atoms with E-state index < -0.39 is 37.3 Å². The summed E-state index contributed by atoms with van der Waals surface area (Å²) in [5.41, 5.74) is 0. The van der Waals surface area contributed by atoms with Crippen LogP contribution in [0.15, 0.2) is 30.3 Å². The van der Waals surface area contributed by atoms with Gasteiger partial charge in [0.05, 0.1) is 6.61 Å². The fourth-order valence-corrected chi connectivity index (χ4v) is 1.80. The van der Waals surface area contributed by atoms with Crippen LogP contribution in [0.25, 0.3) is 0 Å². The molecule has 1 fully saturated rings. The molecular formula is C14H22O7. The maximum absolute atomic E-state index is 9.41. The average Bonchev–Trinajstić information content (AvgIpc) is 2.49. The first-order valence-corrected chi connectivity index (χ1v) is 6.67. The van der Waals surface area contributed by atoms with Crippen LogP contribution in [0.2, 0.25) is 0 Å². The maximum atomic E-state index is 9.41. The Morgan fingerprint density at radius 3 is 2.10 bits per heavy atom. The Morgan fingerprint density at radius 1 is 1.05 bits per heavy atom. The number of aliphatic hydroxyl groups excluding tert-OH is 4. The van der Waals surface area contributed by atoms with Gasteiger partial charge in [0.2, 0.25) is 0 Å². The van der Waals surface area contributed by atoms with E-state index in [1.54, 1.807) is 31.2 Å². The molecule has 0 bridgehead atoms. The molecule has 120 valence electrons. The SMILES string of the molecule is CCO[C@@H]1O[C@H](CO)[C@H](O)[C@H](O)[C@H]1O.Oc1ccccc1. The summed E-state index contributed by atoms with van der Waals surface area (Å²) in [6, 6.07) is 8.71. The summed E-state index contributed by atoms with van der Waals surface area (Å²) in [5, 5.41) is 45.6. The number of benzene rings is 1. The van der Waals surface area contributed by atoms with Crippen molar-refractivity contribution >= 4 is 0 Å². The predicted octanol–water partition coefficient (Wildman–Crippen LogP) is -0.785. The summed E-state index contributed by atoms with van der Waals surface area (Å²) in [4.78, 5) is 0. The molecule has 0 radical (unpaired) electrons. The van der Waals surface area contributed by atoms with Gasteiger partial charge < -0.3 is 35.0 Å². The number of rotatable bonds is 3. The second-order valence-electron chi connectivity index (χ2n) is 4.49. The molecule has 1 aliphatic heterocycles. The van der Waals surface area contributed by atoms with E-state index in [0.29, 0.717) is 12.4 Å². The molecule has 0 amide bonds. The predicted molar refractivity (Wildman–Crippen MR) is 73.5 cm³/mol. The molecule has 2 rings (SSSR count). The zero-order valence-electron chi connectivity index (χ0n) is 11.7. The van der Waals surface area contributed by atoms with Gasteiger partial charge >= 0.3 is 0 Å². The highest BCUT2D eigenvalue weighted by Crippen LogP contribution is 2.21. The van der Waals surface area contributed by atoms with Crippen LogP contribution in [-0.2, 0) is 9.47 Å². The van der Waals surface area contributed by atoms with E-state index in [2.05, 4.69) is 0 Å². The summed E-state index contributed by atoms with van der Waals surface area (Å²) in [5.74, 6) is 0.322. The molecule has 0 aromatic heterocycles. The molecule has 5 N–H and O–H groups in total. The van der Waals surface area contributed by atoms with Crippen molar-refractivity contribution in [2.75, 3.05) is 13.2 Å². The topological polar surface area (TPSA) is 120 Å². The summed E-state index contributed by atoms with van der Waals surface area (Å²) < 4.78 is 10.0. The zero-order chi connectivity index (χ0) is 15.8. The number of para-hydroxylation sites is 1. The molecular weight excluding hydrogens is 280 g/mol. The normalized spacial score (nSPS) is 32.1. The number of hydrogen-bond acceptors (Lipinski definition) is 7. The minimum Gasteiger partial charge on any atom is -0.508 e. The Balaban J connectivity index is 0.000000262. The molecule has 7 heteroatoms. The Morgan fingerprint density at radius 2 is 1.67 bits per heavy atom.